The highest BCUT2D eigenvalue weighted by Crippen LogP contribution is 2.41. The number of nitrogens with zero attached hydrogens (tertiary/aromatic N) is 3. The van der Waals surface area contributed by atoms with Gasteiger partial charge in [0.25, 0.3) is 5.92 Å². The molecule has 0 spiro atoms. The van der Waals surface area contributed by atoms with Gasteiger partial charge in [0.15, 0.2) is 0 Å². The van der Waals surface area contributed by atoms with Crippen molar-refractivity contribution in [2.75, 3.05) is 13.1 Å². The fourth-order valence-electron chi connectivity index (χ4n) is 4.66. The monoisotopic (exact) mass is 478 g/mol. The Morgan fingerprint density at radius 1 is 1.15 bits per heavy atom. The third-order valence-corrected chi connectivity index (χ3v) is 6.29. The number of piperidine rings is 2. The van der Waals surface area contributed by atoms with E-state index in [1.165, 1.54) is 22.2 Å². The third kappa shape index (κ3) is 4.30. The van der Waals surface area contributed by atoms with Gasteiger partial charge in [-0.1, -0.05) is 6.07 Å². The zero-order chi connectivity index (χ0) is 25.0. The van der Waals surface area contributed by atoms with Crippen molar-refractivity contribution in [3.63, 3.8) is 0 Å². The summed E-state index contributed by atoms with van der Waals surface area (Å²) in [7, 11) is 1.51. The first kappa shape index (κ1) is 23.9. The highest BCUT2D eigenvalue weighted by atomic mass is 19.3. The lowest BCUT2D eigenvalue weighted by Crippen LogP contribution is -2.50. The van der Waals surface area contributed by atoms with Crippen LogP contribution < -0.4 is 11.0 Å². The van der Waals surface area contributed by atoms with Gasteiger partial charge in [0.05, 0.1) is 23.5 Å². The van der Waals surface area contributed by atoms with Crippen LogP contribution in [0.25, 0.3) is 11.0 Å². The molecule has 11 heteroatoms. The van der Waals surface area contributed by atoms with Gasteiger partial charge < -0.3 is 9.64 Å². The van der Waals surface area contributed by atoms with E-state index in [0.29, 0.717) is 16.6 Å². The number of hydrogen-bond acceptors (Lipinski definition) is 5. The second-order valence-corrected chi connectivity index (χ2v) is 9.93. The number of alkyl halides is 2. The van der Waals surface area contributed by atoms with Crippen LogP contribution in [0.1, 0.15) is 57.6 Å². The predicted molar refractivity (Wildman–Crippen MR) is 119 cm³/mol. The number of ether oxygens (including phenoxy) is 1. The highest BCUT2D eigenvalue weighted by Gasteiger charge is 2.47. The number of benzene rings is 1. The Morgan fingerprint density at radius 3 is 2.47 bits per heavy atom. The zero-order valence-corrected chi connectivity index (χ0v) is 19.6. The van der Waals surface area contributed by atoms with E-state index < -0.39 is 53.6 Å². The van der Waals surface area contributed by atoms with Crippen molar-refractivity contribution in [3.05, 3.63) is 34.2 Å². The molecule has 9 nitrogen and oxygen atoms in total. The van der Waals surface area contributed by atoms with Crippen molar-refractivity contribution in [1.82, 2.24) is 19.4 Å². The summed E-state index contributed by atoms with van der Waals surface area (Å²) >= 11 is 0. The van der Waals surface area contributed by atoms with Crippen LogP contribution in [0.15, 0.2) is 23.0 Å². The second-order valence-electron chi connectivity index (χ2n) is 9.93. The first-order valence-electron chi connectivity index (χ1n) is 11.2. The minimum absolute atomic E-state index is 0.0273. The third-order valence-electron chi connectivity index (χ3n) is 6.29. The number of carbonyl (C=O) groups excluding carboxylic acids is 3. The van der Waals surface area contributed by atoms with Crippen LogP contribution in [0.2, 0.25) is 0 Å². The van der Waals surface area contributed by atoms with Crippen molar-refractivity contribution in [3.8, 4) is 0 Å². The number of aryl methyl sites for hydroxylation is 1. The number of imidazole rings is 1. The van der Waals surface area contributed by atoms with Crippen LogP contribution >= 0.6 is 0 Å². The van der Waals surface area contributed by atoms with Crippen molar-refractivity contribution in [2.45, 2.75) is 63.5 Å². The molecule has 34 heavy (non-hydrogen) atoms. The standard InChI is InChI=1S/C23H28F2N4O5/c1-22(2,3)34-21(33)28-10-9-14(23(24,25)12-28)13-5-6-15-17(11-13)27(4)20(32)29(15)16-7-8-18(30)26-19(16)31/h5-6,11,14,16H,7-10,12H2,1-4H3,(H,26,30,31)/t14-,16?/m1/s1. The van der Waals surface area contributed by atoms with E-state index in [1.54, 1.807) is 32.9 Å². The quantitative estimate of drug-likeness (QED) is 0.669. The van der Waals surface area contributed by atoms with Gasteiger partial charge in [-0.2, -0.15) is 0 Å². The molecule has 1 unspecified atom stereocenters. The molecule has 2 saturated heterocycles. The molecule has 0 bridgehead atoms. The smallest absolute Gasteiger partial charge is 0.410 e. The van der Waals surface area contributed by atoms with E-state index in [4.69, 9.17) is 4.74 Å². The first-order chi connectivity index (χ1) is 15.8. The lowest BCUT2D eigenvalue weighted by molar-refractivity contribution is -0.135. The van der Waals surface area contributed by atoms with E-state index in [1.807, 2.05) is 0 Å². The molecule has 0 aliphatic carbocycles. The highest BCUT2D eigenvalue weighted by molar-refractivity contribution is 6.00. The lowest BCUT2D eigenvalue weighted by Gasteiger charge is -2.39. The zero-order valence-electron chi connectivity index (χ0n) is 19.6. The molecule has 0 saturated carbocycles. The molecule has 3 heterocycles. The molecule has 0 radical (unpaired) electrons. The molecular formula is C23H28F2N4O5. The first-order valence-corrected chi connectivity index (χ1v) is 11.2. The van der Waals surface area contributed by atoms with Crippen LogP contribution in [0.3, 0.4) is 0 Å². The Balaban J connectivity index is 1.63. The van der Waals surface area contributed by atoms with Gasteiger partial charge in [0.2, 0.25) is 11.8 Å². The summed E-state index contributed by atoms with van der Waals surface area (Å²) in [4.78, 5) is 50.0. The molecule has 1 aromatic carbocycles. The summed E-state index contributed by atoms with van der Waals surface area (Å²) in [6, 6.07) is 3.79. The number of carbonyl (C=O) groups is 3. The number of hydrogen-bond donors (Lipinski definition) is 1. The van der Waals surface area contributed by atoms with Gasteiger partial charge in [0.1, 0.15) is 11.6 Å². The lowest BCUT2D eigenvalue weighted by atomic mass is 9.86. The van der Waals surface area contributed by atoms with E-state index in [-0.39, 0.29) is 25.8 Å². The van der Waals surface area contributed by atoms with Crippen molar-refractivity contribution < 1.29 is 27.9 Å². The van der Waals surface area contributed by atoms with Gasteiger partial charge >= 0.3 is 11.8 Å². The molecule has 2 aromatic rings. The fraction of sp³-hybridized carbons (Fsp3) is 0.565. The molecule has 1 N–H and O–H groups in total. The largest absolute Gasteiger partial charge is 0.444 e. The summed E-state index contributed by atoms with van der Waals surface area (Å²) in [5, 5.41) is 2.24. The summed E-state index contributed by atoms with van der Waals surface area (Å²) in [6.07, 6.45) is -0.448. The Bertz CT molecular complexity index is 1230. The van der Waals surface area contributed by atoms with Gasteiger partial charge in [-0.05, 0) is 51.3 Å². The van der Waals surface area contributed by atoms with Crippen LogP contribution in [0.4, 0.5) is 13.6 Å². The van der Waals surface area contributed by atoms with Gasteiger partial charge in [-0.25, -0.2) is 18.4 Å². The average Bonchev–Trinajstić information content (AvgIpc) is 2.96. The van der Waals surface area contributed by atoms with Crippen molar-refractivity contribution >= 4 is 28.9 Å². The summed E-state index contributed by atoms with van der Waals surface area (Å²) in [5.74, 6) is -5.30. The molecule has 2 fully saturated rings. The molecule has 2 aliphatic heterocycles. The minimum Gasteiger partial charge on any atom is -0.444 e. The Labute approximate surface area is 194 Å². The molecule has 2 aliphatic rings. The van der Waals surface area contributed by atoms with Crippen LogP contribution in [0, 0.1) is 0 Å². The van der Waals surface area contributed by atoms with E-state index in [2.05, 4.69) is 5.32 Å². The number of imide groups is 1. The number of rotatable bonds is 2. The number of halogens is 2. The van der Waals surface area contributed by atoms with Crippen LogP contribution in [0.5, 0.6) is 0 Å². The number of fused-ring (bicyclic) bond motifs is 1. The molecular weight excluding hydrogens is 450 g/mol. The Kier molecular flexibility index (Phi) is 5.77. The Hall–Kier alpha value is -3.24. The topological polar surface area (TPSA) is 103 Å². The molecule has 184 valence electrons. The number of aromatic nitrogens is 2. The van der Waals surface area contributed by atoms with Crippen molar-refractivity contribution in [1.29, 1.82) is 0 Å². The molecule has 2 atom stereocenters. The maximum Gasteiger partial charge on any atom is 0.410 e. The second kappa shape index (κ2) is 8.21. The van der Waals surface area contributed by atoms with Crippen molar-refractivity contribution in [2.24, 2.45) is 7.05 Å². The maximum atomic E-state index is 15.2. The average molecular weight is 478 g/mol. The number of likely N-dealkylation sites (tertiary alicyclic amines) is 1. The van der Waals surface area contributed by atoms with Crippen LogP contribution in [-0.4, -0.2) is 56.6 Å². The summed E-state index contributed by atoms with van der Waals surface area (Å²) < 4.78 is 38.2. The van der Waals surface area contributed by atoms with Gasteiger partial charge in [0, 0.05) is 20.0 Å². The minimum atomic E-state index is -3.20. The van der Waals surface area contributed by atoms with E-state index in [0.717, 1.165) is 4.90 Å². The molecule has 3 amide bonds. The molecule has 4 rings (SSSR count). The number of nitrogens with one attached hydrogen (secondary N) is 1. The fourth-order valence-corrected chi connectivity index (χ4v) is 4.66. The van der Waals surface area contributed by atoms with Gasteiger partial charge in [-0.15, -0.1) is 0 Å². The normalized spacial score (nSPS) is 23.2. The predicted octanol–water partition coefficient (Wildman–Crippen LogP) is 2.68. The summed E-state index contributed by atoms with van der Waals surface area (Å²) in [6.45, 7) is 4.38. The Morgan fingerprint density at radius 2 is 1.85 bits per heavy atom. The maximum absolute atomic E-state index is 15.2. The van der Waals surface area contributed by atoms with E-state index in [9.17, 15) is 19.2 Å². The van der Waals surface area contributed by atoms with Crippen LogP contribution in [-0.2, 0) is 21.4 Å². The molecule has 1 aromatic heterocycles. The SMILES string of the molecule is Cn1c(=O)n(C2CCC(=O)NC2=O)c2ccc([C@H]3CCN(C(=O)OC(C)(C)C)CC3(F)F)cc21. The van der Waals surface area contributed by atoms with E-state index >= 15 is 8.78 Å². The van der Waals surface area contributed by atoms with Gasteiger partial charge in [-0.3, -0.25) is 24.0 Å². The number of amides is 3. The summed E-state index contributed by atoms with van der Waals surface area (Å²) in [5.41, 5.74) is -0.0577.